The first-order valence-corrected chi connectivity index (χ1v) is 9.41. The van der Waals surface area contributed by atoms with Crippen LogP contribution in [0.1, 0.15) is 52.0 Å². The lowest BCUT2D eigenvalue weighted by Crippen LogP contribution is -2.52. The number of nitrogens with zero attached hydrogens (tertiary/aromatic N) is 1. The molecular formula is C19H28N2OS. The Balaban J connectivity index is 1.75. The minimum Gasteiger partial charge on any atom is -0.496 e. The van der Waals surface area contributed by atoms with Crippen LogP contribution in [0.25, 0.3) is 0 Å². The molecule has 1 spiro atoms. The second kappa shape index (κ2) is 6.39. The van der Waals surface area contributed by atoms with E-state index in [1.165, 1.54) is 25.7 Å². The zero-order valence-electron chi connectivity index (χ0n) is 14.7. The predicted octanol–water partition coefficient (Wildman–Crippen LogP) is 4.62. The zero-order chi connectivity index (χ0) is 16.5. The van der Waals surface area contributed by atoms with Gasteiger partial charge >= 0.3 is 0 Å². The van der Waals surface area contributed by atoms with Crippen molar-refractivity contribution in [1.82, 2.24) is 5.32 Å². The molecule has 1 heterocycles. The normalized spacial score (nSPS) is 31.3. The molecule has 0 radical (unpaired) electrons. The number of rotatable bonds is 3. The number of para-hydroxylation sites is 1. The van der Waals surface area contributed by atoms with Crippen molar-refractivity contribution in [2.45, 2.75) is 63.3 Å². The van der Waals surface area contributed by atoms with Crippen LogP contribution < -0.4 is 10.1 Å². The molecule has 3 nitrogen and oxygen atoms in total. The topological polar surface area (TPSA) is 33.6 Å². The van der Waals surface area contributed by atoms with Gasteiger partial charge in [0.2, 0.25) is 0 Å². The second-order valence-corrected chi connectivity index (χ2v) is 8.83. The molecule has 0 aromatic heterocycles. The number of hydrogen-bond donors (Lipinski definition) is 1. The molecular weight excluding hydrogens is 304 g/mol. The van der Waals surface area contributed by atoms with Gasteiger partial charge in [-0.05, 0) is 51.5 Å². The molecule has 0 unspecified atom stereocenters. The lowest BCUT2D eigenvalue weighted by atomic mass is 9.73. The summed E-state index contributed by atoms with van der Waals surface area (Å²) in [5.41, 5.74) is 1.25. The Morgan fingerprint density at radius 3 is 2.65 bits per heavy atom. The van der Waals surface area contributed by atoms with Crippen molar-refractivity contribution in [3.05, 3.63) is 29.8 Å². The smallest absolute Gasteiger partial charge is 0.157 e. The lowest BCUT2D eigenvalue weighted by molar-refractivity contribution is 0.231. The van der Waals surface area contributed by atoms with Crippen LogP contribution in [0.5, 0.6) is 5.75 Å². The van der Waals surface area contributed by atoms with E-state index in [1.807, 2.05) is 30.0 Å². The molecule has 1 saturated carbocycles. The highest BCUT2D eigenvalue weighted by Crippen LogP contribution is 2.52. The largest absolute Gasteiger partial charge is 0.496 e. The standard InChI is InChI=1S/C19H28N2OS/c1-14-9-11-19(12-10-14)18(2,3)21-17(23-19)20-13-15-7-5-6-8-16(15)22-4/h5-8,14H,9-13H2,1-4H3,(H,20,21). The van der Waals surface area contributed by atoms with E-state index < -0.39 is 0 Å². The van der Waals surface area contributed by atoms with Gasteiger partial charge in [0.1, 0.15) is 5.75 Å². The van der Waals surface area contributed by atoms with E-state index in [0.29, 0.717) is 11.3 Å². The molecule has 1 aliphatic heterocycles. The number of nitrogens with one attached hydrogen (secondary N) is 1. The fraction of sp³-hybridized carbons (Fsp3) is 0.632. The number of amidine groups is 1. The number of methoxy groups -OCH3 is 1. The summed E-state index contributed by atoms with van der Waals surface area (Å²) in [6.45, 7) is 7.72. The summed E-state index contributed by atoms with van der Waals surface area (Å²) in [7, 11) is 1.72. The van der Waals surface area contributed by atoms with E-state index in [2.05, 4.69) is 32.2 Å². The van der Waals surface area contributed by atoms with Crippen LogP contribution in [-0.4, -0.2) is 22.6 Å². The van der Waals surface area contributed by atoms with Crippen LogP contribution in [0, 0.1) is 5.92 Å². The molecule has 23 heavy (non-hydrogen) atoms. The number of hydrogen-bond acceptors (Lipinski definition) is 3. The summed E-state index contributed by atoms with van der Waals surface area (Å²) in [5.74, 6) is 1.78. The molecule has 2 fully saturated rings. The van der Waals surface area contributed by atoms with Crippen molar-refractivity contribution < 1.29 is 4.74 Å². The molecule has 0 atom stereocenters. The van der Waals surface area contributed by atoms with Crippen LogP contribution in [0.2, 0.25) is 0 Å². The Bertz CT molecular complexity index is 589. The highest BCUT2D eigenvalue weighted by atomic mass is 32.2. The molecule has 1 aliphatic carbocycles. The summed E-state index contributed by atoms with van der Waals surface area (Å²) in [6.07, 6.45) is 5.23. The first kappa shape index (κ1) is 16.7. The van der Waals surface area contributed by atoms with E-state index in [4.69, 9.17) is 9.73 Å². The van der Waals surface area contributed by atoms with Crippen LogP contribution >= 0.6 is 11.8 Å². The molecule has 3 rings (SSSR count). The Hall–Kier alpha value is -1.16. The summed E-state index contributed by atoms with van der Waals surface area (Å²) >= 11 is 1.97. The van der Waals surface area contributed by atoms with E-state index in [0.717, 1.165) is 22.4 Å². The van der Waals surface area contributed by atoms with Crippen molar-refractivity contribution in [3.8, 4) is 5.75 Å². The van der Waals surface area contributed by atoms with Crippen LogP contribution in [0.3, 0.4) is 0 Å². The van der Waals surface area contributed by atoms with Crippen molar-refractivity contribution in [1.29, 1.82) is 0 Å². The third kappa shape index (κ3) is 3.23. The Morgan fingerprint density at radius 2 is 1.96 bits per heavy atom. The maximum atomic E-state index is 5.43. The van der Waals surface area contributed by atoms with Gasteiger partial charge in [0.15, 0.2) is 5.17 Å². The van der Waals surface area contributed by atoms with Gasteiger partial charge in [-0.2, -0.15) is 0 Å². The Labute approximate surface area is 144 Å². The van der Waals surface area contributed by atoms with Gasteiger partial charge in [-0.1, -0.05) is 36.9 Å². The first-order valence-electron chi connectivity index (χ1n) is 8.59. The minimum absolute atomic E-state index is 0.109. The zero-order valence-corrected chi connectivity index (χ0v) is 15.5. The van der Waals surface area contributed by atoms with Crippen molar-refractivity contribution in [3.63, 3.8) is 0 Å². The van der Waals surface area contributed by atoms with E-state index in [9.17, 15) is 0 Å². The van der Waals surface area contributed by atoms with E-state index >= 15 is 0 Å². The van der Waals surface area contributed by atoms with Gasteiger partial charge in [0.05, 0.1) is 13.7 Å². The molecule has 1 saturated heterocycles. The molecule has 2 aliphatic rings. The van der Waals surface area contributed by atoms with Crippen LogP contribution in [0.4, 0.5) is 0 Å². The van der Waals surface area contributed by atoms with Gasteiger partial charge in [0, 0.05) is 15.8 Å². The summed E-state index contributed by atoms with van der Waals surface area (Å²) < 4.78 is 5.73. The van der Waals surface area contributed by atoms with Gasteiger partial charge in [-0.3, -0.25) is 4.99 Å². The highest BCUT2D eigenvalue weighted by Gasteiger charge is 2.53. The Morgan fingerprint density at radius 1 is 1.26 bits per heavy atom. The monoisotopic (exact) mass is 332 g/mol. The Kier molecular flexibility index (Phi) is 4.63. The van der Waals surface area contributed by atoms with Gasteiger partial charge in [-0.25, -0.2) is 0 Å². The summed E-state index contributed by atoms with van der Waals surface area (Å²) in [4.78, 5) is 4.85. The predicted molar refractivity (Wildman–Crippen MR) is 99.3 cm³/mol. The number of aliphatic imine (C=N–C) groups is 1. The van der Waals surface area contributed by atoms with Crippen LogP contribution in [0.15, 0.2) is 29.3 Å². The molecule has 0 bridgehead atoms. The van der Waals surface area contributed by atoms with Gasteiger partial charge in [-0.15, -0.1) is 0 Å². The molecule has 1 aromatic carbocycles. The molecule has 4 heteroatoms. The van der Waals surface area contributed by atoms with Crippen molar-refractivity contribution in [2.75, 3.05) is 7.11 Å². The first-order chi connectivity index (χ1) is 11.0. The fourth-order valence-electron chi connectivity index (χ4n) is 3.74. The lowest BCUT2D eigenvalue weighted by Gasteiger charge is -2.43. The maximum Gasteiger partial charge on any atom is 0.157 e. The molecule has 1 N–H and O–H groups in total. The molecule has 0 amide bonds. The summed E-state index contributed by atoms with van der Waals surface area (Å²) in [5, 5.41) is 4.78. The molecule has 1 aromatic rings. The maximum absolute atomic E-state index is 5.43. The summed E-state index contributed by atoms with van der Waals surface area (Å²) in [6, 6.07) is 8.13. The van der Waals surface area contributed by atoms with Crippen molar-refractivity contribution >= 4 is 16.9 Å². The second-order valence-electron chi connectivity index (χ2n) is 7.46. The average molecular weight is 333 g/mol. The van der Waals surface area contributed by atoms with Crippen LogP contribution in [-0.2, 0) is 6.54 Å². The number of thioether (sulfide) groups is 1. The number of ether oxygens (including phenoxy) is 1. The van der Waals surface area contributed by atoms with Crippen molar-refractivity contribution in [2.24, 2.45) is 10.9 Å². The third-order valence-corrected chi connectivity index (χ3v) is 7.25. The fourth-order valence-corrected chi connectivity index (χ4v) is 5.29. The minimum atomic E-state index is 0.109. The van der Waals surface area contributed by atoms with Gasteiger partial charge in [0.25, 0.3) is 0 Å². The third-order valence-electron chi connectivity index (χ3n) is 5.52. The van der Waals surface area contributed by atoms with E-state index in [-0.39, 0.29) is 5.54 Å². The quantitative estimate of drug-likeness (QED) is 0.877. The number of benzene rings is 1. The highest BCUT2D eigenvalue weighted by molar-refractivity contribution is 8.15. The average Bonchev–Trinajstić information content (AvgIpc) is 2.79. The van der Waals surface area contributed by atoms with Gasteiger partial charge < -0.3 is 10.1 Å². The molecule has 126 valence electrons. The SMILES string of the molecule is COc1ccccc1CN=C1NC(C)(C)C2(CCC(C)CC2)S1. The van der Waals surface area contributed by atoms with E-state index in [1.54, 1.807) is 7.11 Å².